The molecule has 4 rings (SSSR count). The molecule has 0 radical (unpaired) electrons. The summed E-state index contributed by atoms with van der Waals surface area (Å²) in [6.45, 7) is 1.01. The fraction of sp³-hybridized carbons (Fsp3) is 0.353. The van der Waals surface area contributed by atoms with Gasteiger partial charge in [-0.05, 0) is 29.2 Å². The largest absolute Gasteiger partial charge is 0.335 e. The Balaban J connectivity index is 1.81. The molecule has 2 aromatic carbocycles. The Morgan fingerprint density at radius 3 is 2.85 bits per heavy atom. The molecule has 3 heteroatoms. The molecule has 0 spiro atoms. The van der Waals surface area contributed by atoms with Crippen LogP contribution in [0.15, 0.2) is 42.5 Å². The minimum absolute atomic E-state index is 0.0406. The molecule has 0 bridgehead atoms. The summed E-state index contributed by atoms with van der Waals surface area (Å²) in [5, 5.41) is 5.67. The van der Waals surface area contributed by atoms with Gasteiger partial charge in [-0.25, -0.2) is 0 Å². The predicted octanol–water partition coefficient (Wildman–Crippen LogP) is 2.82. The van der Waals surface area contributed by atoms with Crippen LogP contribution in [0.3, 0.4) is 0 Å². The molecule has 2 aromatic rings. The second-order valence-electron chi connectivity index (χ2n) is 5.73. The highest BCUT2D eigenvalue weighted by atomic mass is 16.2. The van der Waals surface area contributed by atoms with Crippen LogP contribution >= 0.6 is 0 Å². The van der Waals surface area contributed by atoms with Gasteiger partial charge in [-0.15, -0.1) is 0 Å². The standard InChI is InChI=1S/C17H18N2O/c20-17-15-10-3-4-11-19(15)16(18-17)14-9-5-7-12-6-1-2-8-13(12)14/h1-2,5-9,15-16H,3-4,10-11H2,(H,18,20). The van der Waals surface area contributed by atoms with Crippen molar-refractivity contribution >= 4 is 16.7 Å². The Kier molecular flexibility index (Phi) is 2.74. The third-order valence-corrected chi connectivity index (χ3v) is 4.58. The highest BCUT2D eigenvalue weighted by Crippen LogP contribution is 2.35. The molecule has 2 atom stereocenters. The van der Waals surface area contributed by atoms with Gasteiger partial charge in [0.25, 0.3) is 0 Å². The smallest absolute Gasteiger partial charge is 0.238 e. The normalized spacial score (nSPS) is 26.5. The quantitative estimate of drug-likeness (QED) is 0.861. The Morgan fingerprint density at radius 2 is 1.90 bits per heavy atom. The number of benzene rings is 2. The fourth-order valence-corrected chi connectivity index (χ4v) is 3.60. The van der Waals surface area contributed by atoms with Crippen molar-refractivity contribution < 1.29 is 4.79 Å². The number of nitrogens with one attached hydrogen (secondary N) is 1. The topological polar surface area (TPSA) is 32.3 Å². The number of carbonyl (C=O) groups excluding carboxylic acids is 1. The molecule has 2 saturated heterocycles. The van der Waals surface area contributed by atoms with Gasteiger partial charge in [0, 0.05) is 6.54 Å². The van der Waals surface area contributed by atoms with Crippen molar-refractivity contribution in [2.45, 2.75) is 31.5 Å². The number of amides is 1. The number of piperidine rings is 1. The average Bonchev–Trinajstić information content (AvgIpc) is 2.84. The Labute approximate surface area is 118 Å². The Morgan fingerprint density at radius 1 is 1.05 bits per heavy atom. The first-order valence-electron chi connectivity index (χ1n) is 7.38. The van der Waals surface area contributed by atoms with Crippen molar-refractivity contribution in [3.63, 3.8) is 0 Å². The van der Waals surface area contributed by atoms with Gasteiger partial charge in [-0.1, -0.05) is 48.9 Å². The van der Waals surface area contributed by atoms with Crippen molar-refractivity contribution in [1.82, 2.24) is 10.2 Å². The van der Waals surface area contributed by atoms with Crippen LogP contribution in [-0.4, -0.2) is 23.4 Å². The van der Waals surface area contributed by atoms with E-state index in [0.717, 1.165) is 19.4 Å². The zero-order valence-corrected chi connectivity index (χ0v) is 11.4. The number of rotatable bonds is 1. The van der Waals surface area contributed by atoms with Crippen molar-refractivity contribution in [3.8, 4) is 0 Å². The van der Waals surface area contributed by atoms with Gasteiger partial charge in [0.1, 0.15) is 6.17 Å². The van der Waals surface area contributed by atoms with Crippen LogP contribution in [0.4, 0.5) is 0 Å². The summed E-state index contributed by atoms with van der Waals surface area (Å²) >= 11 is 0. The molecule has 2 unspecified atom stereocenters. The summed E-state index contributed by atoms with van der Waals surface area (Å²) in [6, 6.07) is 14.8. The van der Waals surface area contributed by atoms with E-state index in [1.165, 1.54) is 22.8 Å². The highest BCUT2D eigenvalue weighted by molar-refractivity contribution is 5.89. The first kappa shape index (κ1) is 11.9. The molecule has 3 nitrogen and oxygen atoms in total. The molecule has 2 aliphatic heterocycles. The molecule has 0 aliphatic carbocycles. The maximum absolute atomic E-state index is 12.2. The molecule has 0 saturated carbocycles. The SMILES string of the molecule is O=C1NC(c2cccc3ccccc23)N2CCCCC12. The van der Waals surface area contributed by atoms with Gasteiger partial charge in [0.2, 0.25) is 5.91 Å². The van der Waals surface area contributed by atoms with E-state index in [1.54, 1.807) is 0 Å². The Hall–Kier alpha value is -1.87. The molecule has 0 aromatic heterocycles. The minimum atomic E-state index is 0.0406. The minimum Gasteiger partial charge on any atom is -0.335 e. The summed E-state index contributed by atoms with van der Waals surface area (Å²) in [4.78, 5) is 14.5. The molecule has 20 heavy (non-hydrogen) atoms. The van der Waals surface area contributed by atoms with Gasteiger partial charge in [0.05, 0.1) is 6.04 Å². The van der Waals surface area contributed by atoms with E-state index < -0.39 is 0 Å². The van der Waals surface area contributed by atoms with E-state index in [4.69, 9.17) is 0 Å². The van der Waals surface area contributed by atoms with Gasteiger partial charge >= 0.3 is 0 Å². The lowest BCUT2D eigenvalue weighted by atomic mass is 9.99. The molecule has 1 amide bonds. The zero-order valence-electron chi connectivity index (χ0n) is 11.4. The third kappa shape index (κ3) is 1.74. The van der Waals surface area contributed by atoms with Crippen LogP contribution in [0.2, 0.25) is 0 Å². The van der Waals surface area contributed by atoms with E-state index in [0.29, 0.717) is 0 Å². The van der Waals surface area contributed by atoms with Crippen LogP contribution in [-0.2, 0) is 4.79 Å². The van der Waals surface area contributed by atoms with Crippen LogP contribution in [0.1, 0.15) is 31.0 Å². The van der Waals surface area contributed by atoms with Crippen molar-refractivity contribution in [2.24, 2.45) is 0 Å². The maximum Gasteiger partial charge on any atom is 0.238 e. The van der Waals surface area contributed by atoms with Crippen LogP contribution < -0.4 is 5.32 Å². The molecule has 2 fully saturated rings. The number of hydrogen-bond acceptors (Lipinski definition) is 2. The zero-order chi connectivity index (χ0) is 13.5. The summed E-state index contributed by atoms with van der Waals surface area (Å²) < 4.78 is 0. The highest BCUT2D eigenvalue weighted by Gasteiger charge is 2.41. The lowest BCUT2D eigenvalue weighted by molar-refractivity contribution is -0.122. The summed E-state index contributed by atoms with van der Waals surface area (Å²) in [5.41, 5.74) is 1.22. The van der Waals surface area contributed by atoms with Crippen molar-refractivity contribution in [3.05, 3.63) is 48.0 Å². The average molecular weight is 266 g/mol. The van der Waals surface area contributed by atoms with Crippen molar-refractivity contribution in [2.75, 3.05) is 6.54 Å². The Bertz CT molecular complexity index is 662. The van der Waals surface area contributed by atoms with Gasteiger partial charge in [0.15, 0.2) is 0 Å². The van der Waals surface area contributed by atoms with E-state index in [9.17, 15) is 4.79 Å². The van der Waals surface area contributed by atoms with E-state index in [-0.39, 0.29) is 18.1 Å². The van der Waals surface area contributed by atoms with Gasteiger partial charge in [-0.3, -0.25) is 9.69 Å². The summed E-state index contributed by atoms with van der Waals surface area (Å²) in [6.07, 6.45) is 3.38. The second kappa shape index (κ2) is 4.60. The van der Waals surface area contributed by atoms with Crippen molar-refractivity contribution in [1.29, 1.82) is 0 Å². The van der Waals surface area contributed by atoms with Gasteiger partial charge < -0.3 is 5.32 Å². The van der Waals surface area contributed by atoms with Crippen LogP contribution in [0.5, 0.6) is 0 Å². The molecule has 1 N–H and O–H groups in total. The van der Waals surface area contributed by atoms with E-state index in [1.807, 2.05) is 0 Å². The second-order valence-corrected chi connectivity index (χ2v) is 5.73. The fourth-order valence-electron chi connectivity index (χ4n) is 3.60. The van der Waals surface area contributed by atoms with E-state index >= 15 is 0 Å². The number of fused-ring (bicyclic) bond motifs is 2. The number of hydrogen-bond donors (Lipinski definition) is 1. The first-order valence-corrected chi connectivity index (χ1v) is 7.38. The summed E-state index contributed by atoms with van der Waals surface area (Å²) in [5.74, 6) is 0.197. The molecule has 2 heterocycles. The molecular weight excluding hydrogens is 248 g/mol. The van der Waals surface area contributed by atoms with Gasteiger partial charge in [-0.2, -0.15) is 0 Å². The predicted molar refractivity (Wildman–Crippen MR) is 79.2 cm³/mol. The molecular formula is C17H18N2O. The maximum atomic E-state index is 12.2. The number of nitrogens with zero attached hydrogens (tertiary/aromatic N) is 1. The number of carbonyl (C=O) groups is 1. The lowest BCUT2D eigenvalue weighted by Crippen LogP contribution is -2.38. The van der Waals surface area contributed by atoms with E-state index in [2.05, 4.69) is 52.7 Å². The molecule has 2 aliphatic rings. The van der Waals surface area contributed by atoms with Crippen LogP contribution in [0.25, 0.3) is 10.8 Å². The summed E-state index contributed by atoms with van der Waals surface area (Å²) in [7, 11) is 0. The van der Waals surface area contributed by atoms with Crippen LogP contribution in [0, 0.1) is 0 Å². The molecule has 102 valence electrons. The first-order chi connectivity index (χ1) is 9.84. The lowest BCUT2D eigenvalue weighted by Gasteiger charge is -2.31. The third-order valence-electron chi connectivity index (χ3n) is 4.58. The monoisotopic (exact) mass is 266 g/mol.